The van der Waals surface area contributed by atoms with E-state index in [1.807, 2.05) is 28.8 Å². The smallest absolute Gasteiger partial charge is 0.277 e. The van der Waals surface area contributed by atoms with Crippen molar-refractivity contribution in [2.75, 3.05) is 7.11 Å². The van der Waals surface area contributed by atoms with Gasteiger partial charge < -0.3 is 9.30 Å². The number of methoxy groups -OCH3 is 1. The van der Waals surface area contributed by atoms with Gasteiger partial charge in [0, 0.05) is 35.9 Å². The van der Waals surface area contributed by atoms with Crippen LogP contribution in [0.15, 0.2) is 41.3 Å². The van der Waals surface area contributed by atoms with E-state index in [4.69, 9.17) is 9.72 Å². The van der Waals surface area contributed by atoms with Crippen molar-refractivity contribution in [2.24, 2.45) is 11.8 Å². The maximum Gasteiger partial charge on any atom is 0.277 e. The third-order valence-corrected chi connectivity index (χ3v) is 10.1. The van der Waals surface area contributed by atoms with Crippen LogP contribution in [0.5, 0.6) is 5.88 Å². The molecule has 4 aliphatic rings. The standard InChI is InChI=1S/C32H37N5O2/c1-39-31-22(18-33)15-23(19-34-31)30-32(38)37(29-11-3-2-10-28(29)35-30)27-16-24-8-5-9-25(17-27)36(24)26-13-20-6-4-7-21(12-20)14-26/h2-3,10-11,15,19-21,24-27H,4-9,12-14,16-17H2,1H3/t20-,21+,24-,25+,26+,27+. The van der Waals surface area contributed by atoms with Crippen LogP contribution in [0, 0.1) is 23.2 Å². The molecule has 39 heavy (non-hydrogen) atoms. The lowest BCUT2D eigenvalue weighted by molar-refractivity contribution is -0.0485. The molecule has 0 unspecified atom stereocenters. The molecule has 202 valence electrons. The summed E-state index contributed by atoms with van der Waals surface area (Å²) in [4.78, 5) is 26.2. The monoisotopic (exact) mass is 523 g/mol. The molecule has 3 aromatic rings. The Hall–Kier alpha value is -3.24. The number of pyridine rings is 1. The van der Waals surface area contributed by atoms with Gasteiger partial charge in [-0.25, -0.2) is 9.97 Å². The fourth-order valence-electron chi connectivity index (χ4n) is 8.66. The van der Waals surface area contributed by atoms with E-state index in [2.05, 4.69) is 16.0 Å². The van der Waals surface area contributed by atoms with Gasteiger partial charge in [-0.2, -0.15) is 5.26 Å². The lowest BCUT2D eigenvalue weighted by atomic mass is 9.68. The molecule has 2 aliphatic carbocycles. The Morgan fingerprint density at radius 1 is 0.923 bits per heavy atom. The van der Waals surface area contributed by atoms with Crippen LogP contribution in [0.3, 0.4) is 0 Å². The predicted molar refractivity (Wildman–Crippen MR) is 151 cm³/mol. The molecule has 0 amide bonds. The van der Waals surface area contributed by atoms with Gasteiger partial charge in [-0.15, -0.1) is 0 Å². The van der Waals surface area contributed by atoms with E-state index in [1.165, 1.54) is 64.9 Å². The minimum Gasteiger partial charge on any atom is -0.480 e. The molecule has 1 aromatic carbocycles. The molecule has 4 heterocycles. The Kier molecular flexibility index (Phi) is 6.39. The van der Waals surface area contributed by atoms with Gasteiger partial charge in [-0.3, -0.25) is 9.69 Å². The Bertz CT molecular complexity index is 1470. The van der Waals surface area contributed by atoms with E-state index in [-0.39, 0.29) is 17.5 Å². The summed E-state index contributed by atoms with van der Waals surface area (Å²) in [5.41, 5.74) is 2.83. The van der Waals surface area contributed by atoms with Crippen LogP contribution in [0.1, 0.15) is 82.2 Å². The van der Waals surface area contributed by atoms with Crippen molar-refractivity contribution in [3.05, 3.63) is 52.4 Å². The summed E-state index contributed by atoms with van der Waals surface area (Å²) in [6.07, 6.45) is 15.9. The lowest BCUT2D eigenvalue weighted by Gasteiger charge is -2.55. The highest BCUT2D eigenvalue weighted by molar-refractivity contribution is 5.78. The summed E-state index contributed by atoms with van der Waals surface area (Å²) in [5.74, 6) is 2.10. The number of nitriles is 1. The van der Waals surface area contributed by atoms with Crippen molar-refractivity contribution in [3.63, 3.8) is 0 Å². The maximum absolute atomic E-state index is 14.2. The molecule has 2 saturated heterocycles. The first-order chi connectivity index (χ1) is 19.1. The molecule has 2 saturated carbocycles. The van der Waals surface area contributed by atoms with Crippen LogP contribution in [0.4, 0.5) is 0 Å². The number of nitrogens with zero attached hydrogens (tertiary/aromatic N) is 5. The number of aromatic nitrogens is 3. The number of hydrogen-bond acceptors (Lipinski definition) is 6. The summed E-state index contributed by atoms with van der Waals surface area (Å²) in [5, 5.41) is 9.62. The van der Waals surface area contributed by atoms with Crippen LogP contribution in [-0.2, 0) is 0 Å². The highest BCUT2D eigenvalue weighted by atomic mass is 16.5. The minimum absolute atomic E-state index is 0.0896. The zero-order valence-electron chi connectivity index (χ0n) is 22.8. The van der Waals surface area contributed by atoms with Gasteiger partial charge >= 0.3 is 0 Å². The minimum atomic E-state index is -0.0896. The number of hydrogen-bond donors (Lipinski definition) is 0. The highest BCUT2D eigenvalue weighted by Crippen LogP contribution is 2.47. The quantitative estimate of drug-likeness (QED) is 0.426. The fourth-order valence-corrected chi connectivity index (χ4v) is 8.66. The van der Waals surface area contributed by atoms with Crippen molar-refractivity contribution in [3.8, 4) is 23.2 Å². The Labute approximate surface area is 229 Å². The van der Waals surface area contributed by atoms with Crippen LogP contribution >= 0.6 is 0 Å². The Balaban J connectivity index is 1.27. The van der Waals surface area contributed by atoms with E-state index in [1.54, 1.807) is 12.3 Å². The number of piperidine rings is 2. The highest BCUT2D eigenvalue weighted by Gasteiger charge is 2.45. The summed E-state index contributed by atoms with van der Waals surface area (Å²) in [6, 6.07) is 13.7. The molecule has 7 heteroatoms. The van der Waals surface area contributed by atoms with Crippen LogP contribution < -0.4 is 10.3 Å². The molecule has 6 atom stereocenters. The Morgan fingerprint density at radius 2 is 1.64 bits per heavy atom. The summed E-state index contributed by atoms with van der Waals surface area (Å²) in [7, 11) is 1.49. The molecule has 4 fully saturated rings. The van der Waals surface area contributed by atoms with Gasteiger partial charge in [-0.1, -0.05) is 37.8 Å². The van der Waals surface area contributed by atoms with Gasteiger partial charge in [0.15, 0.2) is 0 Å². The number of ether oxygens (including phenoxy) is 1. The first-order valence-corrected chi connectivity index (χ1v) is 14.9. The van der Waals surface area contributed by atoms with Crippen molar-refractivity contribution in [2.45, 2.75) is 94.8 Å². The molecule has 0 spiro atoms. The van der Waals surface area contributed by atoms with Crippen molar-refractivity contribution in [1.29, 1.82) is 5.26 Å². The van der Waals surface area contributed by atoms with Gasteiger partial charge in [-0.05, 0) is 75.0 Å². The number of rotatable bonds is 4. The third kappa shape index (κ3) is 4.34. The molecule has 7 rings (SSSR count). The van der Waals surface area contributed by atoms with Crippen molar-refractivity contribution in [1.82, 2.24) is 19.4 Å². The van der Waals surface area contributed by atoms with Crippen LogP contribution in [-0.4, -0.2) is 44.7 Å². The van der Waals surface area contributed by atoms with E-state index >= 15 is 0 Å². The third-order valence-electron chi connectivity index (χ3n) is 10.1. The average Bonchev–Trinajstić information content (AvgIpc) is 2.95. The van der Waals surface area contributed by atoms with Gasteiger partial charge in [0.2, 0.25) is 5.88 Å². The maximum atomic E-state index is 14.2. The van der Waals surface area contributed by atoms with Crippen LogP contribution in [0.25, 0.3) is 22.3 Å². The largest absolute Gasteiger partial charge is 0.480 e. The summed E-state index contributed by atoms with van der Waals surface area (Å²) in [6.45, 7) is 0. The molecule has 7 nitrogen and oxygen atoms in total. The topological polar surface area (TPSA) is 84.0 Å². The number of benzene rings is 1. The van der Waals surface area contributed by atoms with Crippen molar-refractivity contribution >= 4 is 11.0 Å². The second-order valence-corrected chi connectivity index (χ2v) is 12.4. The zero-order valence-corrected chi connectivity index (χ0v) is 22.8. The lowest BCUT2D eigenvalue weighted by Crippen LogP contribution is -2.58. The molecular weight excluding hydrogens is 486 g/mol. The van der Waals surface area contributed by atoms with E-state index in [9.17, 15) is 10.1 Å². The van der Waals surface area contributed by atoms with Gasteiger partial charge in [0.25, 0.3) is 5.56 Å². The number of para-hydroxylation sites is 2. The zero-order chi connectivity index (χ0) is 26.5. The average molecular weight is 524 g/mol. The number of fused-ring (bicyclic) bond motifs is 5. The first-order valence-electron chi connectivity index (χ1n) is 14.9. The molecular formula is C32H37N5O2. The molecule has 4 bridgehead atoms. The van der Waals surface area contributed by atoms with Gasteiger partial charge in [0.05, 0.1) is 18.1 Å². The molecule has 0 radical (unpaired) electrons. The van der Waals surface area contributed by atoms with E-state index in [0.29, 0.717) is 28.9 Å². The first kappa shape index (κ1) is 24.8. The molecule has 0 N–H and O–H groups in total. The summed E-state index contributed by atoms with van der Waals surface area (Å²) < 4.78 is 7.26. The van der Waals surface area contributed by atoms with Crippen molar-refractivity contribution < 1.29 is 4.74 Å². The van der Waals surface area contributed by atoms with Gasteiger partial charge in [0.1, 0.15) is 17.3 Å². The Morgan fingerprint density at radius 3 is 2.36 bits per heavy atom. The molecule has 2 aliphatic heterocycles. The van der Waals surface area contributed by atoms with E-state index in [0.717, 1.165) is 41.8 Å². The normalized spacial score (nSPS) is 30.6. The second-order valence-electron chi connectivity index (χ2n) is 12.4. The van der Waals surface area contributed by atoms with Crippen LogP contribution in [0.2, 0.25) is 0 Å². The van der Waals surface area contributed by atoms with E-state index < -0.39 is 0 Å². The second kappa shape index (κ2) is 10.1. The predicted octanol–water partition coefficient (Wildman–Crippen LogP) is 5.87. The molecule has 2 aromatic heterocycles. The SMILES string of the molecule is COc1ncc(-c2nc3ccccc3n([C@H]3C[C@H]4CCC[C@@H](C3)N4[C@H]3C[C@@H]4CCC[C@@H](C4)C3)c2=O)cc1C#N. The summed E-state index contributed by atoms with van der Waals surface area (Å²) >= 11 is 0. The fraction of sp³-hybridized carbons (Fsp3) is 0.562.